The molecule has 1 amide bonds. The summed E-state index contributed by atoms with van der Waals surface area (Å²) in [5.74, 6) is 1.91. The molecule has 7 heteroatoms. The van der Waals surface area contributed by atoms with Crippen LogP contribution in [-0.2, 0) is 6.61 Å². The average Bonchev–Trinajstić information content (AvgIpc) is 3.04. The van der Waals surface area contributed by atoms with E-state index >= 15 is 0 Å². The summed E-state index contributed by atoms with van der Waals surface area (Å²) in [5.41, 5.74) is 3.21. The van der Waals surface area contributed by atoms with Gasteiger partial charge in [0.15, 0.2) is 0 Å². The number of hydrogen-bond donors (Lipinski definition) is 1. The molecule has 3 aromatic rings. The first-order valence-electron chi connectivity index (χ1n) is 9.18. The van der Waals surface area contributed by atoms with Crippen molar-refractivity contribution >= 4 is 21.8 Å². The van der Waals surface area contributed by atoms with Gasteiger partial charge in [-0.25, -0.2) is 0 Å². The number of methoxy groups -OCH3 is 1. The molecule has 1 atom stereocenters. The van der Waals surface area contributed by atoms with E-state index in [1.54, 1.807) is 25.3 Å². The van der Waals surface area contributed by atoms with Crippen LogP contribution in [0.3, 0.4) is 0 Å². The van der Waals surface area contributed by atoms with Gasteiger partial charge in [-0.3, -0.25) is 4.79 Å². The standard InChI is InChI=1S/C22H23BrN2O4/c1-13(16-8-9-21(27-4)20(23)11-16)24-22(26)17-6-5-7-18(10-17)28-12-19-14(2)25-29-15(19)3/h5-11,13H,12H2,1-4H3,(H,24,26). The zero-order valence-corrected chi connectivity index (χ0v) is 18.4. The van der Waals surface area contributed by atoms with Gasteiger partial charge in [0.1, 0.15) is 23.9 Å². The lowest BCUT2D eigenvalue weighted by Gasteiger charge is -2.16. The molecule has 152 valence electrons. The van der Waals surface area contributed by atoms with Crippen LogP contribution in [0.4, 0.5) is 0 Å². The summed E-state index contributed by atoms with van der Waals surface area (Å²) in [7, 11) is 1.62. The molecular weight excluding hydrogens is 436 g/mol. The fourth-order valence-corrected chi connectivity index (χ4v) is 3.46. The molecule has 2 aromatic carbocycles. The highest BCUT2D eigenvalue weighted by Crippen LogP contribution is 2.28. The Labute approximate surface area is 178 Å². The number of benzene rings is 2. The van der Waals surface area contributed by atoms with Crippen molar-refractivity contribution in [2.24, 2.45) is 0 Å². The molecular formula is C22H23BrN2O4. The molecule has 6 nitrogen and oxygen atoms in total. The van der Waals surface area contributed by atoms with Gasteiger partial charge in [-0.1, -0.05) is 17.3 Å². The number of ether oxygens (including phenoxy) is 2. The van der Waals surface area contributed by atoms with E-state index < -0.39 is 0 Å². The predicted molar refractivity (Wildman–Crippen MR) is 113 cm³/mol. The molecule has 0 aliphatic carbocycles. The average molecular weight is 459 g/mol. The van der Waals surface area contributed by atoms with E-state index in [0.29, 0.717) is 17.9 Å². The zero-order valence-electron chi connectivity index (χ0n) is 16.8. The minimum Gasteiger partial charge on any atom is -0.496 e. The zero-order chi connectivity index (χ0) is 21.0. The normalized spacial score (nSPS) is 11.8. The number of carbonyl (C=O) groups is 1. The summed E-state index contributed by atoms with van der Waals surface area (Å²) < 4.78 is 17.1. The number of carbonyl (C=O) groups excluding carboxylic acids is 1. The maximum absolute atomic E-state index is 12.7. The van der Waals surface area contributed by atoms with Crippen molar-refractivity contribution in [1.29, 1.82) is 0 Å². The van der Waals surface area contributed by atoms with Crippen molar-refractivity contribution < 1.29 is 18.8 Å². The predicted octanol–water partition coefficient (Wildman–Crippen LogP) is 5.13. The maximum Gasteiger partial charge on any atom is 0.251 e. The van der Waals surface area contributed by atoms with Gasteiger partial charge in [-0.05, 0) is 72.6 Å². The summed E-state index contributed by atoms with van der Waals surface area (Å²) in [6, 6.07) is 12.7. The lowest BCUT2D eigenvalue weighted by atomic mass is 10.1. The minimum atomic E-state index is -0.174. The lowest BCUT2D eigenvalue weighted by molar-refractivity contribution is 0.0939. The quantitative estimate of drug-likeness (QED) is 0.530. The first-order chi connectivity index (χ1) is 13.9. The van der Waals surface area contributed by atoms with Gasteiger partial charge < -0.3 is 19.3 Å². The molecule has 3 rings (SSSR count). The van der Waals surface area contributed by atoms with Crippen molar-refractivity contribution in [3.05, 3.63) is 75.1 Å². The molecule has 1 N–H and O–H groups in total. The molecule has 0 saturated heterocycles. The molecule has 1 aromatic heterocycles. The highest BCUT2D eigenvalue weighted by atomic mass is 79.9. The third-order valence-corrected chi connectivity index (χ3v) is 5.30. The van der Waals surface area contributed by atoms with E-state index in [0.717, 1.165) is 32.8 Å². The topological polar surface area (TPSA) is 73.6 Å². The summed E-state index contributed by atoms with van der Waals surface area (Å²) in [5, 5.41) is 6.93. The first kappa shape index (κ1) is 20.9. The summed E-state index contributed by atoms with van der Waals surface area (Å²) in [4.78, 5) is 12.7. The van der Waals surface area contributed by atoms with Crippen LogP contribution in [-0.4, -0.2) is 18.2 Å². The van der Waals surface area contributed by atoms with Gasteiger partial charge in [-0.15, -0.1) is 0 Å². The molecule has 1 heterocycles. The van der Waals surface area contributed by atoms with Gasteiger partial charge in [-0.2, -0.15) is 0 Å². The molecule has 1 unspecified atom stereocenters. The van der Waals surface area contributed by atoms with Crippen LogP contribution in [0.15, 0.2) is 51.5 Å². The van der Waals surface area contributed by atoms with E-state index in [1.165, 1.54) is 0 Å². The molecule has 29 heavy (non-hydrogen) atoms. The lowest BCUT2D eigenvalue weighted by Crippen LogP contribution is -2.26. The molecule has 0 spiro atoms. The van der Waals surface area contributed by atoms with Crippen molar-refractivity contribution in [3.8, 4) is 11.5 Å². The fourth-order valence-electron chi connectivity index (χ4n) is 2.91. The Morgan fingerprint density at radius 2 is 2.03 bits per heavy atom. The number of hydrogen-bond acceptors (Lipinski definition) is 5. The summed E-state index contributed by atoms with van der Waals surface area (Å²) in [6.45, 7) is 5.99. The molecule has 0 saturated carbocycles. The maximum atomic E-state index is 12.7. The Morgan fingerprint density at radius 1 is 1.24 bits per heavy atom. The highest BCUT2D eigenvalue weighted by Gasteiger charge is 2.14. The van der Waals surface area contributed by atoms with E-state index in [4.69, 9.17) is 14.0 Å². The number of rotatable bonds is 7. The summed E-state index contributed by atoms with van der Waals surface area (Å²) in [6.07, 6.45) is 0. The number of halogens is 1. The second-order valence-corrected chi connectivity index (χ2v) is 7.56. The largest absolute Gasteiger partial charge is 0.496 e. The third kappa shape index (κ3) is 4.98. The molecule has 0 aliphatic rings. The van der Waals surface area contributed by atoms with E-state index in [-0.39, 0.29) is 11.9 Å². The Bertz CT molecular complexity index is 996. The molecule has 0 bridgehead atoms. The van der Waals surface area contributed by atoms with Gasteiger partial charge >= 0.3 is 0 Å². The van der Waals surface area contributed by atoms with E-state index in [1.807, 2.05) is 45.0 Å². The smallest absolute Gasteiger partial charge is 0.251 e. The van der Waals surface area contributed by atoms with Crippen LogP contribution < -0.4 is 14.8 Å². The monoisotopic (exact) mass is 458 g/mol. The minimum absolute atomic E-state index is 0.170. The fraction of sp³-hybridized carbons (Fsp3) is 0.273. The second kappa shape index (κ2) is 9.13. The Balaban J connectivity index is 1.66. The van der Waals surface area contributed by atoms with Crippen LogP contribution in [0, 0.1) is 13.8 Å². The third-order valence-electron chi connectivity index (χ3n) is 4.68. The molecule has 0 fully saturated rings. The Morgan fingerprint density at radius 3 is 2.69 bits per heavy atom. The van der Waals surface area contributed by atoms with Crippen molar-refractivity contribution in [2.75, 3.05) is 7.11 Å². The van der Waals surface area contributed by atoms with Crippen LogP contribution in [0.25, 0.3) is 0 Å². The van der Waals surface area contributed by atoms with Gasteiger partial charge in [0.25, 0.3) is 5.91 Å². The van der Waals surface area contributed by atoms with Gasteiger partial charge in [0.05, 0.1) is 28.9 Å². The van der Waals surface area contributed by atoms with E-state index in [9.17, 15) is 4.79 Å². The first-order valence-corrected chi connectivity index (χ1v) is 9.97. The van der Waals surface area contributed by atoms with Crippen molar-refractivity contribution in [1.82, 2.24) is 10.5 Å². The Kier molecular flexibility index (Phi) is 6.59. The number of nitrogens with one attached hydrogen (secondary N) is 1. The SMILES string of the molecule is COc1ccc(C(C)NC(=O)c2cccc(OCc3c(C)noc3C)c2)cc1Br. The molecule has 0 aliphatic heterocycles. The van der Waals surface area contributed by atoms with Gasteiger partial charge in [0.2, 0.25) is 0 Å². The number of amides is 1. The van der Waals surface area contributed by atoms with Crippen molar-refractivity contribution in [2.45, 2.75) is 33.4 Å². The van der Waals surface area contributed by atoms with Crippen LogP contribution in [0.2, 0.25) is 0 Å². The summed E-state index contributed by atoms with van der Waals surface area (Å²) >= 11 is 3.47. The van der Waals surface area contributed by atoms with E-state index in [2.05, 4.69) is 26.4 Å². The van der Waals surface area contributed by atoms with Crippen molar-refractivity contribution in [3.63, 3.8) is 0 Å². The number of aromatic nitrogens is 1. The molecule has 0 radical (unpaired) electrons. The van der Waals surface area contributed by atoms with Crippen LogP contribution in [0.5, 0.6) is 11.5 Å². The van der Waals surface area contributed by atoms with Gasteiger partial charge in [0, 0.05) is 5.56 Å². The highest BCUT2D eigenvalue weighted by molar-refractivity contribution is 9.10. The van der Waals surface area contributed by atoms with Crippen LogP contribution >= 0.6 is 15.9 Å². The second-order valence-electron chi connectivity index (χ2n) is 6.71. The number of nitrogens with zero attached hydrogens (tertiary/aromatic N) is 1. The number of aryl methyl sites for hydroxylation is 2. The van der Waals surface area contributed by atoms with Crippen LogP contribution in [0.1, 0.15) is 45.9 Å². The Hall–Kier alpha value is -2.80.